The molecule has 1 aromatic carbocycles. The van der Waals surface area contributed by atoms with Crippen molar-refractivity contribution in [2.45, 2.75) is 31.3 Å². The van der Waals surface area contributed by atoms with Gasteiger partial charge in [-0.2, -0.15) is 0 Å². The molecule has 4 heteroatoms. The first kappa shape index (κ1) is 17.5. The molecule has 1 saturated heterocycles. The van der Waals surface area contributed by atoms with Gasteiger partial charge in [0.1, 0.15) is 0 Å². The Morgan fingerprint density at radius 2 is 2.20 bits per heavy atom. The molecular formula is C16H23LiN2O. The SMILES string of the molecule is C=CCC([N-]N1CCC[C@H]1COC)c1ccccc1.[Li+]. The van der Waals surface area contributed by atoms with E-state index in [0.717, 1.165) is 19.6 Å². The van der Waals surface area contributed by atoms with Crippen LogP contribution in [0.25, 0.3) is 5.43 Å². The molecule has 104 valence electrons. The third-order valence-corrected chi connectivity index (χ3v) is 3.57. The molecule has 20 heavy (non-hydrogen) atoms. The van der Waals surface area contributed by atoms with Crippen LogP contribution in [0.3, 0.4) is 0 Å². The van der Waals surface area contributed by atoms with Gasteiger partial charge in [0.25, 0.3) is 0 Å². The topological polar surface area (TPSA) is 26.6 Å². The van der Waals surface area contributed by atoms with Gasteiger partial charge in [0.05, 0.1) is 6.61 Å². The van der Waals surface area contributed by atoms with Crippen LogP contribution in [0.15, 0.2) is 43.0 Å². The molecule has 3 nitrogen and oxygen atoms in total. The molecule has 0 spiro atoms. The van der Waals surface area contributed by atoms with Crippen molar-refractivity contribution in [2.24, 2.45) is 0 Å². The van der Waals surface area contributed by atoms with Gasteiger partial charge in [-0.15, -0.1) is 6.58 Å². The summed E-state index contributed by atoms with van der Waals surface area (Å²) in [5.41, 5.74) is 6.17. The molecule has 0 saturated carbocycles. The maximum absolute atomic E-state index is 5.28. The Kier molecular flexibility index (Phi) is 8.21. The molecule has 1 aromatic rings. The van der Waals surface area contributed by atoms with Crippen molar-refractivity contribution in [2.75, 3.05) is 20.3 Å². The minimum atomic E-state index is 0. The van der Waals surface area contributed by atoms with E-state index in [4.69, 9.17) is 10.2 Å². The van der Waals surface area contributed by atoms with Gasteiger partial charge in [-0.1, -0.05) is 48.0 Å². The average molecular weight is 266 g/mol. The van der Waals surface area contributed by atoms with E-state index in [-0.39, 0.29) is 24.9 Å². The van der Waals surface area contributed by atoms with Gasteiger partial charge in [-0.3, -0.25) is 0 Å². The van der Waals surface area contributed by atoms with Crippen molar-refractivity contribution >= 4 is 0 Å². The van der Waals surface area contributed by atoms with Gasteiger partial charge >= 0.3 is 18.9 Å². The van der Waals surface area contributed by atoms with Crippen molar-refractivity contribution in [1.82, 2.24) is 5.01 Å². The van der Waals surface area contributed by atoms with Gasteiger partial charge < -0.3 is 15.2 Å². The number of rotatable bonds is 7. The Morgan fingerprint density at radius 3 is 2.85 bits per heavy atom. The Labute approximate surface area is 134 Å². The van der Waals surface area contributed by atoms with E-state index in [9.17, 15) is 0 Å². The second-order valence-electron chi connectivity index (χ2n) is 4.98. The first-order valence-corrected chi connectivity index (χ1v) is 6.97. The quantitative estimate of drug-likeness (QED) is 0.537. The third kappa shape index (κ3) is 4.77. The zero-order valence-corrected chi connectivity index (χ0v) is 12.7. The van der Waals surface area contributed by atoms with E-state index < -0.39 is 0 Å². The molecular weight excluding hydrogens is 243 g/mol. The zero-order valence-electron chi connectivity index (χ0n) is 12.7. The summed E-state index contributed by atoms with van der Waals surface area (Å²) in [6.07, 6.45) is 5.20. The number of hydrogen-bond acceptors (Lipinski definition) is 2. The molecule has 0 N–H and O–H groups in total. The maximum Gasteiger partial charge on any atom is 1.00 e. The largest absolute Gasteiger partial charge is 1.00 e. The van der Waals surface area contributed by atoms with Crippen LogP contribution in [0.1, 0.15) is 30.9 Å². The fourth-order valence-electron chi connectivity index (χ4n) is 2.60. The average Bonchev–Trinajstić information content (AvgIpc) is 2.87. The number of hydrogen-bond donors (Lipinski definition) is 0. The summed E-state index contributed by atoms with van der Waals surface area (Å²) < 4.78 is 5.28. The smallest absolute Gasteiger partial charge is 0.587 e. The van der Waals surface area contributed by atoms with Gasteiger partial charge in [0.2, 0.25) is 0 Å². The van der Waals surface area contributed by atoms with E-state index in [2.05, 4.69) is 35.9 Å². The van der Waals surface area contributed by atoms with Crippen LogP contribution in [-0.2, 0) is 4.74 Å². The summed E-state index contributed by atoms with van der Waals surface area (Å²) in [6, 6.07) is 11.1. The summed E-state index contributed by atoms with van der Waals surface area (Å²) in [6.45, 7) is 5.65. The van der Waals surface area contributed by atoms with Gasteiger partial charge in [-0.25, -0.2) is 0 Å². The Bertz CT molecular complexity index is 385. The Balaban J connectivity index is 0.00000200. The molecule has 0 radical (unpaired) electrons. The van der Waals surface area contributed by atoms with E-state index in [1.807, 2.05) is 12.1 Å². The molecule has 2 atom stereocenters. The summed E-state index contributed by atoms with van der Waals surface area (Å²) in [7, 11) is 1.76. The van der Waals surface area contributed by atoms with Crippen LogP contribution >= 0.6 is 0 Å². The Morgan fingerprint density at radius 1 is 1.45 bits per heavy atom. The number of methoxy groups -OCH3 is 1. The fraction of sp³-hybridized carbons (Fsp3) is 0.500. The molecule has 1 fully saturated rings. The Hall–Kier alpha value is -0.563. The first-order valence-electron chi connectivity index (χ1n) is 6.97. The predicted octanol–water partition coefficient (Wildman–Crippen LogP) is 0.707. The van der Waals surface area contributed by atoms with Crippen molar-refractivity contribution in [1.29, 1.82) is 0 Å². The molecule has 2 rings (SSSR count). The predicted molar refractivity (Wildman–Crippen MR) is 79.0 cm³/mol. The summed E-state index contributed by atoms with van der Waals surface area (Å²) >= 11 is 0. The van der Waals surface area contributed by atoms with E-state index >= 15 is 0 Å². The monoisotopic (exact) mass is 266 g/mol. The van der Waals surface area contributed by atoms with Crippen LogP contribution in [0.5, 0.6) is 0 Å². The van der Waals surface area contributed by atoms with Crippen LogP contribution in [0.2, 0.25) is 0 Å². The van der Waals surface area contributed by atoms with E-state index in [0.29, 0.717) is 6.04 Å². The minimum absolute atomic E-state index is 0. The molecule has 1 heterocycles. The van der Waals surface area contributed by atoms with E-state index in [1.165, 1.54) is 18.4 Å². The van der Waals surface area contributed by atoms with Crippen molar-refractivity contribution in [3.8, 4) is 0 Å². The molecule has 1 aliphatic rings. The number of nitrogens with zero attached hydrogens (tertiary/aromatic N) is 2. The van der Waals surface area contributed by atoms with Gasteiger partial charge in [0.15, 0.2) is 0 Å². The third-order valence-electron chi connectivity index (χ3n) is 3.57. The van der Waals surface area contributed by atoms with Gasteiger partial charge in [-0.05, 0) is 25.8 Å². The molecule has 0 aromatic heterocycles. The molecule has 0 aliphatic carbocycles. The summed E-state index contributed by atoms with van der Waals surface area (Å²) in [5, 5.41) is 2.21. The molecule has 1 aliphatic heterocycles. The summed E-state index contributed by atoms with van der Waals surface area (Å²) in [5.74, 6) is 0. The van der Waals surface area contributed by atoms with Gasteiger partial charge in [0, 0.05) is 13.2 Å². The molecule has 0 bridgehead atoms. The van der Waals surface area contributed by atoms with Crippen LogP contribution < -0.4 is 18.9 Å². The first-order chi connectivity index (χ1) is 9.35. The number of ether oxygens (including phenoxy) is 1. The van der Waals surface area contributed by atoms with E-state index in [1.54, 1.807) is 7.11 Å². The molecule has 0 amide bonds. The maximum atomic E-state index is 5.28. The number of benzene rings is 1. The van der Waals surface area contributed by atoms with Crippen LogP contribution in [0.4, 0.5) is 0 Å². The second kappa shape index (κ2) is 9.39. The normalized spacial score (nSPS) is 20.4. The minimum Gasteiger partial charge on any atom is -0.587 e. The zero-order chi connectivity index (χ0) is 13.5. The van der Waals surface area contributed by atoms with Crippen LogP contribution in [-0.4, -0.2) is 31.3 Å². The summed E-state index contributed by atoms with van der Waals surface area (Å²) in [4.78, 5) is 0. The van der Waals surface area contributed by atoms with Crippen molar-refractivity contribution in [3.05, 3.63) is 54.0 Å². The standard InChI is InChI=1S/C16H23N2O.Li/c1-3-8-16(14-9-5-4-6-10-14)17-18-12-7-11-15(18)13-19-2;/h3-6,9-10,15-16H,1,7-8,11-13H2,2H3;/q-1;+1/t15-,16?;/m0./s1. The second-order valence-corrected chi connectivity index (χ2v) is 4.98. The van der Waals surface area contributed by atoms with Crippen LogP contribution in [0, 0.1) is 0 Å². The fourth-order valence-corrected chi connectivity index (χ4v) is 2.60. The van der Waals surface area contributed by atoms with Crippen molar-refractivity contribution in [3.63, 3.8) is 0 Å². The molecule has 1 unspecified atom stereocenters. The van der Waals surface area contributed by atoms with Crippen molar-refractivity contribution < 1.29 is 23.6 Å².